The van der Waals surface area contributed by atoms with Gasteiger partial charge in [-0.3, -0.25) is 0 Å². The Morgan fingerprint density at radius 2 is 2.33 bits per heavy atom. The van der Waals surface area contributed by atoms with Crippen molar-refractivity contribution in [3.63, 3.8) is 0 Å². The van der Waals surface area contributed by atoms with E-state index in [1.54, 1.807) is 6.07 Å². The van der Waals surface area contributed by atoms with Crippen LogP contribution in [0.1, 0.15) is 19.3 Å². The van der Waals surface area contributed by atoms with Gasteiger partial charge in [0.15, 0.2) is 0 Å². The van der Waals surface area contributed by atoms with Gasteiger partial charge in [0.2, 0.25) is 0 Å². The van der Waals surface area contributed by atoms with Crippen molar-refractivity contribution in [2.24, 2.45) is 0 Å². The predicted molar refractivity (Wildman–Crippen MR) is 65.0 cm³/mol. The molecule has 15 heavy (non-hydrogen) atoms. The zero-order chi connectivity index (χ0) is 10.5. The minimum Gasteiger partial charge on any atom is -0.382 e. The summed E-state index contributed by atoms with van der Waals surface area (Å²) in [6, 6.07) is 3.64. The highest BCUT2D eigenvalue weighted by Gasteiger charge is 2.13. The normalized spacial score (nSPS) is 21.2. The van der Waals surface area contributed by atoms with Gasteiger partial charge >= 0.3 is 0 Å². The molecule has 4 nitrogen and oxygen atoms in total. The molecular weight excluding hydrogens is 208 g/mol. The van der Waals surface area contributed by atoms with E-state index in [2.05, 4.69) is 27.3 Å². The highest BCUT2D eigenvalue weighted by atomic mass is 32.2. The second-order valence-corrected chi connectivity index (χ2v) is 5.12. The van der Waals surface area contributed by atoms with E-state index in [4.69, 9.17) is 5.73 Å². The van der Waals surface area contributed by atoms with Gasteiger partial charge in [-0.15, -0.1) is 10.2 Å². The predicted octanol–water partition coefficient (Wildman–Crippen LogP) is 1.76. The van der Waals surface area contributed by atoms with E-state index in [1.165, 1.54) is 25.0 Å². The van der Waals surface area contributed by atoms with E-state index in [1.807, 2.05) is 6.07 Å². The lowest BCUT2D eigenvalue weighted by Crippen LogP contribution is -2.20. The molecule has 82 valence electrons. The van der Waals surface area contributed by atoms with Gasteiger partial charge in [0, 0.05) is 11.8 Å². The molecule has 1 aromatic heterocycles. The van der Waals surface area contributed by atoms with Crippen LogP contribution >= 0.6 is 11.8 Å². The van der Waals surface area contributed by atoms with Crippen molar-refractivity contribution in [1.82, 2.24) is 10.2 Å². The molecule has 1 aromatic rings. The Labute approximate surface area is 94.0 Å². The van der Waals surface area contributed by atoms with Crippen LogP contribution in [0.2, 0.25) is 0 Å². The Kier molecular flexibility index (Phi) is 3.66. The Bertz CT molecular complexity index is 295. The SMILES string of the molecule is Nc1ccc(NCC2CCCCS2)nn1. The van der Waals surface area contributed by atoms with Crippen molar-refractivity contribution in [3.8, 4) is 0 Å². The number of nitrogen functional groups attached to an aromatic ring is 1. The number of aromatic nitrogens is 2. The third kappa shape index (κ3) is 3.27. The highest BCUT2D eigenvalue weighted by Crippen LogP contribution is 2.24. The van der Waals surface area contributed by atoms with E-state index in [0.717, 1.165) is 17.6 Å². The van der Waals surface area contributed by atoms with Crippen molar-refractivity contribution in [2.75, 3.05) is 23.3 Å². The Balaban J connectivity index is 1.79. The summed E-state index contributed by atoms with van der Waals surface area (Å²) in [6.07, 6.45) is 4.02. The van der Waals surface area contributed by atoms with Crippen LogP contribution in [-0.2, 0) is 0 Å². The lowest BCUT2D eigenvalue weighted by atomic mass is 10.2. The van der Waals surface area contributed by atoms with Crippen molar-refractivity contribution >= 4 is 23.4 Å². The number of thioether (sulfide) groups is 1. The zero-order valence-corrected chi connectivity index (χ0v) is 9.46. The molecule has 0 bridgehead atoms. The van der Waals surface area contributed by atoms with Gasteiger partial charge in [-0.2, -0.15) is 11.8 Å². The first kappa shape index (κ1) is 10.5. The summed E-state index contributed by atoms with van der Waals surface area (Å²) < 4.78 is 0. The van der Waals surface area contributed by atoms with Crippen molar-refractivity contribution < 1.29 is 0 Å². The van der Waals surface area contributed by atoms with Crippen LogP contribution in [0.25, 0.3) is 0 Å². The summed E-state index contributed by atoms with van der Waals surface area (Å²) in [6.45, 7) is 0.975. The molecule has 1 unspecified atom stereocenters. The molecule has 0 saturated carbocycles. The molecule has 2 heterocycles. The molecule has 0 spiro atoms. The zero-order valence-electron chi connectivity index (χ0n) is 8.65. The largest absolute Gasteiger partial charge is 0.382 e. The summed E-state index contributed by atoms with van der Waals surface area (Å²) in [7, 11) is 0. The first-order valence-electron chi connectivity index (χ1n) is 5.29. The van der Waals surface area contributed by atoms with Gasteiger partial charge in [0.05, 0.1) is 0 Å². The number of nitrogens with two attached hydrogens (primary N) is 1. The molecular formula is C10H16N4S. The van der Waals surface area contributed by atoms with Crippen molar-refractivity contribution in [3.05, 3.63) is 12.1 Å². The second-order valence-electron chi connectivity index (χ2n) is 3.71. The summed E-state index contributed by atoms with van der Waals surface area (Å²) in [5.74, 6) is 2.57. The van der Waals surface area contributed by atoms with Crippen LogP contribution < -0.4 is 11.1 Å². The molecule has 2 rings (SSSR count). The Hall–Kier alpha value is -0.970. The van der Waals surface area contributed by atoms with Crippen LogP contribution in [0.5, 0.6) is 0 Å². The van der Waals surface area contributed by atoms with Gasteiger partial charge in [0.1, 0.15) is 11.6 Å². The maximum Gasteiger partial charge on any atom is 0.148 e. The van der Waals surface area contributed by atoms with E-state index < -0.39 is 0 Å². The van der Waals surface area contributed by atoms with E-state index in [0.29, 0.717) is 5.82 Å². The fraction of sp³-hybridized carbons (Fsp3) is 0.600. The van der Waals surface area contributed by atoms with Crippen LogP contribution in [0.15, 0.2) is 12.1 Å². The van der Waals surface area contributed by atoms with E-state index >= 15 is 0 Å². The average Bonchev–Trinajstić information content (AvgIpc) is 2.30. The summed E-state index contributed by atoms with van der Waals surface area (Å²) in [5.41, 5.74) is 5.46. The molecule has 5 heteroatoms. The number of hydrogen-bond donors (Lipinski definition) is 2. The van der Waals surface area contributed by atoms with Crippen molar-refractivity contribution in [2.45, 2.75) is 24.5 Å². The van der Waals surface area contributed by atoms with Crippen molar-refractivity contribution in [1.29, 1.82) is 0 Å². The van der Waals surface area contributed by atoms with Gasteiger partial charge in [-0.25, -0.2) is 0 Å². The maximum absolute atomic E-state index is 5.46. The van der Waals surface area contributed by atoms with Gasteiger partial charge in [0.25, 0.3) is 0 Å². The molecule has 0 aliphatic carbocycles. The summed E-state index contributed by atoms with van der Waals surface area (Å²) in [5, 5.41) is 11.8. The summed E-state index contributed by atoms with van der Waals surface area (Å²) >= 11 is 2.05. The third-order valence-corrected chi connectivity index (χ3v) is 3.87. The fourth-order valence-corrected chi connectivity index (χ4v) is 2.86. The molecule has 3 N–H and O–H groups in total. The monoisotopic (exact) mass is 224 g/mol. The van der Waals surface area contributed by atoms with Gasteiger partial charge in [-0.1, -0.05) is 6.42 Å². The first-order chi connectivity index (χ1) is 7.34. The minimum absolute atomic E-state index is 0.465. The van der Waals surface area contributed by atoms with E-state index in [9.17, 15) is 0 Å². The maximum atomic E-state index is 5.46. The van der Waals surface area contributed by atoms with Crippen LogP contribution in [-0.4, -0.2) is 27.7 Å². The van der Waals surface area contributed by atoms with Crippen LogP contribution in [0, 0.1) is 0 Å². The van der Waals surface area contributed by atoms with Gasteiger partial charge < -0.3 is 11.1 Å². The molecule has 1 atom stereocenters. The minimum atomic E-state index is 0.465. The molecule has 1 aliphatic heterocycles. The number of anilines is 2. The smallest absolute Gasteiger partial charge is 0.148 e. The Morgan fingerprint density at radius 3 is 3.00 bits per heavy atom. The molecule has 0 aromatic carbocycles. The standard InChI is InChI=1S/C10H16N4S/c11-9-4-5-10(14-13-9)12-7-8-3-1-2-6-15-8/h4-5,8H,1-3,6-7H2,(H2,11,13)(H,12,14). The number of rotatable bonds is 3. The molecule has 1 aliphatic rings. The fourth-order valence-electron chi connectivity index (χ4n) is 1.62. The van der Waals surface area contributed by atoms with Crippen LogP contribution in [0.3, 0.4) is 0 Å². The molecule has 1 saturated heterocycles. The van der Waals surface area contributed by atoms with E-state index in [-0.39, 0.29) is 0 Å². The second kappa shape index (κ2) is 5.21. The topological polar surface area (TPSA) is 63.8 Å². The number of hydrogen-bond acceptors (Lipinski definition) is 5. The highest BCUT2D eigenvalue weighted by molar-refractivity contribution is 7.99. The molecule has 1 fully saturated rings. The molecule has 0 radical (unpaired) electrons. The number of nitrogens with one attached hydrogen (secondary N) is 1. The quantitative estimate of drug-likeness (QED) is 0.819. The Morgan fingerprint density at radius 1 is 1.40 bits per heavy atom. The van der Waals surface area contributed by atoms with Gasteiger partial charge in [-0.05, 0) is 30.7 Å². The summed E-state index contributed by atoms with van der Waals surface area (Å²) in [4.78, 5) is 0. The lowest BCUT2D eigenvalue weighted by molar-refractivity contribution is 0.676. The lowest BCUT2D eigenvalue weighted by Gasteiger charge is -2.21. The molecule has 0 amide bonds. The third-order valence-electron chi connectivity index (χ3n) is 2.47. The van der Waals surface area contributed by atoms with Crippen LogP contribution in [0.4, 0.5) is 11.6 Å². The first-order valence-corrected chi connectivity index (χ1v) is 6.34. The number of nitrogens with zero attached hydrogens (tertiary/aromatic N) is 2. The average molecular weight is 224 g/mol.